The smallest absolute Gasteiger partial charge is 0.305 e. The fraction of sp³-hybridized carbons (Fsp3) is 0.179. The van der Waals surface area contributed by atoms with Gasteiger partial charge in [0.05, 0.1) is 30.7 Å². The van der Waals surface area contributed by atoms with Gasteiger partial charge >= 0.3 is 5.97 Å². The zero-order valence-electron chi connectivity index (χ0n) is 37.9. The molecule has 8 aromatic rings. The first-order chi connectivity index (χ1) is 33.8. The Labute approximate surface area is 401 Å². The molecular formula is C56H54N8O5. The molecule has 13 nitrogen and oxygen atoms in total. The van der Waals surface area contributed by atoms with E-state index in [-0.39, 0.29) is 44.7 Å². The van der Waals surface area contributed by atoms with Crippen molar-refractivity contribution in [3.8, 4) is 0 Å². The van der Waals surface area contributed by atoms with Gasteiger partial charge in [0.1, 0.15) is 11.6 Å². The van der Waals surface area contributed by atoms with Crippen molar-refractivity contribution >= 4 is 23.7 Å². The third-order valence-electron chi connectivity index (χ3n) is 12.4. The molecule has 0 unspecified atom stereocenters. The standard InChI is InChI=1S/C56H54N8O5/c65-51(31-33-59-53(68)49(35-47-37-57-39-61-47)63-55(41-19-7-1-8-20-41,42-21-9-2-10-22-42)43-23-11-3-12-24-43)64(50(36-48-38-58-40-62-48)54(69)60-34-32-52(66)67)56(44-25-13-4-14-26-44,45-27-15-5-16-28-45)46-29-17-6-18-30-46/h1-30,37-40,49-50,63H,31-36H2,(H,57,61)(H,58,62)(H,59,68)(H,60,69)(H,66,67)/t49-,50-/m0/s1. The van der Waals surface area contributed by atoms with Crippen molar-refractivity contribution in [2.75, 3.05) is 13.1 Å². The van der Waals surface area contributed by atoms with Crippen molar-refractivity contribution in [2.24, 2.45) is 0 Å². The van der Waals surface area contributed by atoms with E-state index in [1.54, 1.807) is 23.6 Å². The van der Waals surface area contributed by atoms with Crippen LogP contribution in [0.25, 0.3) is 0 Å². The number of carbonyl (C=O) groups is 4. The van der Waals surface area contributed by atoms with Crippen LogP contribution in [0.1, 0.15) is 57.6 Å². The van der Waals surface area contributed by atoms with E-state index >= 15 is 9.59 Å². The van der Waals surface area contributed by atoms with E-state index in [0.717, 1.165) is 22.4 Å². The molecule has 2 heterocycles. The number of nitrogens with one attached hydrogen (secondary N) is 5. The molecule has 6 aromatic carbocycles. The monoisotopic (exact) mass is 918 g/mol. The molecule has 0 aliphatic rings. The van der Waals surface area contributed by atoms with Crippen LogP contribution in [0.3, 0.4) is 0 Å². The van der Waals surface area contributed by atoms with Gasteiger partial charge in [-0.1, -0.05) is 182 Å². The van der Waals surface area contributed by atoms with Gasteiger partial charge < -0.3 is 30.6 Å². The minimum Gasteiger partial charge on any atom is -0.481 e. The Morgan fingerprint density at radius 3 is 1.28 bits per heavy atom. The zero-order valence-corrected chi connectivity index (χ0v) is 37.9. The van der Waals surface area contributed by atoms with Gasteiger partial charge in [0.2, 0.25) is 17.7 Å². The number of carboxylic acids is 1. The second-order valence-corrected chi connectivity index (χ2v) is 16.7. The number of carbonyl (C=O) groups excluding carboxylic acids is 3. The molecular weight excluding hydrogens is 865 g/mol. The molecule has 8 rings (SSSR count). The minimum absolute atomic E-state index is 0.00196. The van der Waals surface area contributed by atoms with Crippen molar-refractivity contribution in [2.45, 2.75) is 48.8 Å². The Balaban J connectivity index is 1.21. The number of carboxylic acid groups (broad SMARTS) is 1. The number of hydrogen-bond donors (Lipinski definition) is 6. The highest BCUT2D eigenvalue weighted by atomic mass is 16.4. The first kappa shape index (κ1) is 47.1. The summed E-state index contributed by atoms with van der Waals surface area (Å²) in [7, 11) is 0. The third kappa shape index (κ3) is 10.6. The van der Waals surface area contributed by atoms with E-state index in [9.17, 15) is 14.7 Å². The number of aliphatic carboxylic acids is 1. The summed E-state index contributed by atoms with van der Waals surface area (Å²) in [5, 5.41) is 19.3. The highest BCUT2D eigenvalue weighted by Gasteiger charge is 2.49. The average Bonchev–Trinajstić information content (AvgIpc) is 4.13. The summed E-state index contributed by atoms with van der Waals surface area (Å²) in [5.41, 5.74) is 3.73. The second-order valence-electron chi connectivity index (χ2n) is 16.7. The van der Waals surface area contributed by atoms with Gasteiger partial charge in [-0.2, -0.15) is 0 Å². The van der Waals surface area contributed by atoms with E-state index in [0.29, 0.717) is 22.4 Å². The normalized spacial score (nSPS) is 12.3. The number of nitrogens with zero attached hydrogens (tertiary/aromatic N) is 3. The lowest BCUT2D eigenvalue weighted by Crippen LogP contribution is -2.61. The highest BCUT2D eigenvalue weighted by Crippen LogP contribution is 2.45. The van der Waals surface area contributed by atoms with Crippen LogP contribution in [-0.4, -0.2) is 78.8 Å². The van der Waals surface area contributed by atoms with Gasteiger partial charge in [-0.25, -0.2) is 9.97 Å². The predicted molar refractivity (Wildman–Crippen MR) is 263 cm³/mol. The van der Waals surface area contributed by atoms with Crippen LogP contribution in [0.2, 0.25) is 0 Å². The summed E-state index contributed by atoms with van der Waals surface area (Å²) in [5.74, 6) is -2.45. The van der Waals surface area contributed by atoms with Crippen molar-refractivity contribution in [1.29, 1.82) is 0 Å². The number of aromatic nitrogens is 4. The van der Waals surface area contributed by atoms with Gasteiger partial charge in [-0.05, 0) is 33.4 Å². The van der Waals surface area contributed by atoms with Gasteiger partial charge in [0.15, 0.2) is 0 Å². The maximum atomic E-state index is 15.8. The molecule has 0 radical (unpaired) electrons. The molecule has 3 amide bonds. The summed E-state index contributed by atoms with van der Waals surface area (Å²) in [6.07, 6.45) is 6.05. The van der Waals surface area contributed by atoms with Crippen molar-refractivity contribution in [3.05, 3.63) is 252 Å². The fourth-order valence-electron chi connectivity index (χ4n) is 9.30. The third-order valence-corrected chi connectivity index (χ3v) is 12.4. The topological polar surface area (TPSA) is 185 Å². The van der Waals surface area contributed by atoms with Gasteiger partial charge in [0.25, 0.3) is 0 Å². The Hall–Kier alpha value is -8.42. The predicted octanol–water partition coefficient (Wildman–Crippen LogP) is 7.15. The zero-order chi connectivity index (χ0) is 47.9. The fourth-order valence-corrected chi connectivity index (χ4v) is 9.30. The number of benzene rings is 6. The van der Waals surface area contributed by atoms with Crippen LogP contribution >= 0.6 is 0 Å². The Morgan fingerprint density at radius 1 is 0.507 bits per heavy atom. The largest absolute Gasteiger partial charge is 0.481 e. The Bertz CT molecular complexity index is 2660. The van der Waals surface area contributed by atoms with Crippen LogP contribution in [0, 0.1) is 0 Å². The summed E-state index contributed by atoms with van der Waals surface area (Å²) >= 11 is 0. The molecule has 2 aromatic heterocycles. The summed E-state index contributed by atoms with van der Waals surface area (Å²) in [4.78, 5) is 73.7. The molecule has 0 fully saturated rings. The highest BCUT2D eigenvalue weighted by molar-refractivity contribution is 5.90. The van der Waals surface area contributed by atoms with Crippen molar-refractivity contribution < 1.29 is 24.3 Å². The number of imidazole rings is 2. The molecule has 0 saturated carbocycles. The molecule has 348 valence electrons. The molecule has 0 bridgehead atoms. The number of H-pyrrole nitrogens is 2. The lowest BCUT2D eigenvalue weighted by Gasteiger charge is -2.49. The first-order valence-corrected chi connectivity index (χ1v) is 23.0. The van der Waals surface area contributed by atoms with Crippen molar-refractivity contribution in [3.63, 3.8) is 0 Å². The quantitative estimate of drug-likeness (QED) is 0.0387. The van der Waals surface area contributed by atoms with Crippen LogP contribution in [0.4, 0.5) is 0 Å². The first-order valence-electron chi connectivity index (χ1n) is 23.0. The number of aromatic amines is 2. The Morgan fingerprint density at radius 2 is 0.884 bits per heavy atom. The van der Waals surface area contributed by atoms with E-state index < -0.39 is 40.9 Å². The molecule has 13 heteroatoms. The van der Waals surface area contributed by atoms with E-state index in [2.05, 4.69) is 35.9 Å². The van der Waals surface area contributed by atoms with Crippen molar-refractivity contribution in [1.82, 2.24) is 40.8 Å². The van der Waals surface area contributed by atoms with E-state index in [1.807, 2.05) is 182 Å². The molecule has 0 spiro atoms. The van der Waals surface area contributed by atoms with Crippen LogP contribution in [0.15, 0.2) is 207 Å². The molecule has 0 saturated heterocycles. The lowest BCUT2D eigenvalue weighted by atomic mass is 9.74. The average molecular weight is 919 g/mol. The Kier molecular flexibility index (Phi) is 15.3. The van der Waals surface area contributed by atoms with E-state index in [1.165, 1.54) is 6.33 Å². The maximum Gasteiger partial charge on any atom is 0.305 e. The number of hydrogen-bond acceptors (Lipinski definition) is 7. The molecule has 6 N–H and O–H groups in total. The lowest BCUT2D eigenvalue weighted by molar-refractivity contribution is -0.146. The summed E-state index contributed by atoms with van der Waals surface area (Å²) in [6.45, 7) is -0.266. The summed E-state index contributed by atoms with van der Waals surface area (Å²) in [6, 6.07) is 56.5. The minimum atomic E-state index is -1.43. The molecule has 69 heavy (non-hydrogen) atoms. The van der Waals surface area contributed by atoms with Crippen LogP contribution in [0.5, 0.6) is 0 Å². The molecule has 0 aliphatic carbocycles. The van der Waals surface area contributed by atoms with Gasteiger partial charge in [0, 0.05) is 56.1 Å². The molecule has 2 atom stereocenters. The molecule has 0 aliphatic heterocycles. The number of amides is 3. The number of rotatable bonds is 22. The van der Waals surface area contributed by atoms with Crippen LogP contribution in [-0.2, 0) is 43.1 Å². The summed E-state index contributed by atoms with van der Waals surface area (Å²) < 4.78 is 0. The van der Waals surface area contributed by atoms with Gasteiger partial charge in [-0.15, -0.1) is 0 Å². The maximum absolute atomic E-state index is 15.8. The second kappa shape index (κ2) is 22.4. The SMILES string of the molecule is O=C(O)CCNC(=O)[C@H](Cc1cnc[nH]1)N(C(=O)CCNC(=O)[C@H](Cc1cnc[nH]1)NC(c1ccccc1)(c1ccccc1)c1ccccc1)C(c1ccccc1)(c1ccccc1)c1ccccc1. The van der Waals surface area contributed by atoms with E-state index in [4.69, 9.17) is 0 Å². The van der Waals surface area contributed by atoms with Crippen LogP contribution < -0.4 is 16.0 Å². The van der Waals surface area contributed by atoms with Gasteiger partial charge in [-0.3, -0.25) is 24.5 Å².